The largest absolute Gasteiger partial charge is 0.368 e. The van der Waals surface area contributed by atoms with Crippen LogP contribution in [0.15, 0.2) is 22.7 Å². The van der Waals surface area contributed by atoms with Gasteiger partial charge in [0.05, 0.1) is 42.3 Å². The summed E-state index contributed by atoms with van der Waals surface area (Å²) < 4.78 is 11.4. The Balaban J connectivity index is 1.44. The van der Waals surface area contributed by atoms with Crippen molar-refractivity contribution in [3.8, 4) is 11.3 Å². The van der Waals surface area contributed by atoms with E-state index in [9.17, 15) is 4.79 Å². The number of amides is 1. The minimum atomic E-state index is -0.214. The summed E-state index contributed by atoms with van der Waals surface area (Å²) in [6.45, 7) is 10.5. The van der Waals surface area contributed by atoms with Crippen molar-refractivity contribution in [3.63, 3.8) is 0 Å². The zero-order chi connectivity index (χ0) is 21.1. The van der Waals surface area contributed by atoms with Crippen LogP contribution in [0.1, 0.15) is 49.9 Å². The summed E-state index contributed by atoms with van der Waals surface area (Å²) in [6.07, 6.45) is 2.91. The van der Waals surface area contributed by atoms with Gasteiger partial charge in [-0.25, -0.2) is 4.98 Å². The number of morpholine rings is 1. The highest BCUT2D eigenvalue weighted by atomic mass is 16.5. The molecule has 0 N–H and O–H groups in total. The second kappa shape index (κ2) is 9.27. The van der Waals surface area contributed by atoms with Crippen LogP contribution >= 0.6 is 0 Å². The zero-order valence-electron chi connectivity index (χ0n) is 18.3. The van der Waals surface area contributed by atoms with Crippen LogP contribution in [-0.4, -0.2) is 65.2 Å². The average molecular weight is 413 g/mol. The van der Waals surface area contributed by atoms with Crippen LogP contribution in [0.4, 0.5) is 0 Å². The lowest BCUT2D eigenvalue weighted by molar-refractivity contribution is -0.140. The van der Waals surface area contributed by atoms with E-state index < -0.39 is 0 Å². The fraction of sp³-hybridized carbons (Fsp3) is 0.609. The van der Waals surface area contributed by atoms with Gasteiger partial charge in [-0.3, -0.25) is 9.69 Å². The Labute approximate surface area is 178 Å². The lowest BCUT2D eigenvalue weighted by atomic mass is 9.99. The fourth-order valence-corrected chi connectivity index (χ4v) is 4.32. The molecule has 7 nitrogen and oxygen atoms in total. The van der Waals surface area contributed by atoms with Crippen molar-refractivity contribution in [1.29, 1.82) is 0 Å². The van der Waals surface area contributed by atoms with Crippen molar-refractivity contribution in [2.45, 2.75) is 46.1 Å². The van der Waals surface area contributed by atoms with Crippen LogP contribution in [0.2, 0.25) is 0 Å². The van der Waals surface area contributed by atoms with Crippen LogP contribution in [-0.2, 0) is 16.0 Å². The monoisotopic (exact) mass is 412 g/mol. The SMILES string of the molecule is CCc1onc(C)c1-c1cccc(C2CN(C(=O)CN3CCC(C)CC3)CCO2)n1. The molecule has 1 unspecified atom stereocenters. The Bertz CT molecular complexity index is 873. The predicted molar refractivity (Wildman–Crippen MR) is 114 cm³/mol. The fourth-order valence-electron chi connectivity index (χ4n) is 4.32. The van der Waals surface area contributed by atoms with Gasteiger partial charge >= 0.3 is 0 Å². The second-order valence-electron chi connectivity index (χ2n) is 8.53. The smallest absolute Gasteiger partial charge is 0.236 e. The highest BCUT2D eigenvalue weighted by Gasteiger charge is 2.28. The Morgan fingerprint density at radius 1 is 1.23 bits per heavy atom. The van der Waals surface area contributed by atoms with Crippen molar-refractivity contribution < 1.29 is 14.1 Å². The molecule has 2 aromatic heterocycles. The normalized spacial score (nSPS) is 21.2. The summed E-state index contributed by atoms with van der Waals surface area (Å²) in [5, 5.41) is 4.10. The number of hydrogen-bond donors (Lipinski definition) is 0. The number of carbonyl (C=O) groups excluding carboxylic acids is 1. The molecule has 0 bridgehead atoms. The third kappa shape index (κ3) is 4.57. The van der Waals surface area contributed by atoms with Crippen molar-refractivity contribution in [2.24, 2.45) is 5.92 Å². The van der Waals surface area contributed by atoms with E-state index in [1.807, 2.05) is 36.9 Å². The first-order chi connectivity index (χ1) is 14.5. The van der Waals surface area contributed by atoms with Gasteiger partial charge in [-0.05, 0) is 50.9 Å². The molecular formula is C23H32N4O3. The highest BCUT2D eigenvalue weighted by molar-refractivity contribution is 5.78. The average Bonchev–Trinajstić information content (AvgIpc) is 3.16. The van der Waals surface area contributed by atoms with Crippen LogP contribution < -0.4 is 0 Å². The number of aromatic nitrogens is 2. The molecule has 162 valence electrons. The van der Waals surface area contributed by atoms with Gasteiger partial charge in [0, 0.05) is 13.0 Å². The number of aryl methyl sites for hydroxylation is 2. The minimum Gasteiger partial charge on any atom is -0.368 e. The van der Waals surface area contributed by atoms with Crippen LogP contribution in [0.25, 0.3) is 11.3 Å². The van der Waals surface area contributed by atoms with Gasteiger partial charge in [-0.2, -0.15) is 0 Å². The van der Waals surface area contributed by atoms with Crippen molar-refractivity contribution in [2.75, 3.05) is 39.3 Å². The predicted octanol–water partition coefficient (Wildman–Crippen LogP) is 3.24. The Kier molecular flexibility index (Phi) is 6.49. The van der Waals surface area contributed by atoms with Gasteiger partial charge in [0.1, 0.15) is 11.9 Å². The van der Waals surface area contributed by atoms with E-state index in [1.54, 1.807) is 0 Å². The minimum absolute atomic E-state index is 0.192. The van der Waals surface area contributed by atoms with E-state index >= 15 is 0 Å². The Morgan fingerprint density at radius 2 is 2.03 bits per heavy atom. The van der Waals surface area contributed by atoms with Crippen LogP contribution in [0.3, 0.4) is 0 Å². The van der Waals surface area contributed by atoms with E-state index in [-0.39, 0.29) is 12.0 Å². The summed E-state index contributed by atoms with van der Waals surface area (Å²) in [5.41, 5.74) is 3.49. The molecule has 0 radical (unpaired) electrons. The number of likely N-dealkylation sites (tertiary alicyclic amines) is 1. The number of pyridine rings is 1. The van der Waals surface area contributed by atoms with Gasteiger partial charge in [-0.15, -0.1) is 0 Å². The van der Waals surface area contributed by atoms with E-state index in [2.05, 4.69) is 17.0 Å². The molecule has 0 aromatic carbocycles. The number of hydrogen-bond acceptors (Lipinski definition) is 6. The topological polar surface area (TPSA) is 71.7 Å². The molecule has 7 heteroatoms. The summed E-state index contributed by atoms with van der Waals surface area (Å²) >= 11 is 0. The lowest BCUT2D eigenvalue weighted by Gasteiger charge is -2.35. The van der Waals surface area contributed by atoms with E-state index in [1.165, 1.54) is 12.8 Å². The zero-order valence-corrected chi connectivity index (χ0v) is 18.3. The first-order valence-corrected chi connectivity index (χ1v) is 11.1. The Hall–Kier alpha value is -2.25. The van der Waals surface area contributed by atoms with Gasteiger partial charge in [0.15, 0.2) is 0 Å². The van der Waals surface area contributed by atoms with Gasteiger partial charge in [-0.1, -0.05) is 25.1 Å². The van der Waals surface area contributed by atoms with E-state index in [0.717, 1.165) is 53.8 Å². The van der Waals surface area contributed by atoms with Gasteiger partial charge in [0.2, 0.25) is 5.91 Å². The molecule has 2 aromatic rings. The molecular weight excluding hydrogens is 380 g/mol. The highest BCUT2D eigenvalue weighted by Crippen LogP contribution is 2.29. The molecule has 2 saturated heterocycles. The molecule has 4 heterocycles. The maximum absolute atomic E-state index is 12.9. The van der Waals surface area contributed by atoms with Crippen LogP contribution in [0.5, 0.6) is 0 Å². The van der Waals surface area contributed by atoms with Crippen molar-refractivity contribution in [3.05, 3.63) is 35.3 Å². The first kappa shape index (κ1) is 21.0. The molecule has 1 amide bonds. The Morgan fingerprint density at radius 3 is 2.80 bits per heavy atom. The molecule has 2 aliphatic rings. The maximum atomic E-state index is 12.9. The third-order valence-electron chi connectivity index (χ3n) is 6.27. The molecule has 0 spiro atoms. The summed E-state index contributed by atoms with van der Waals surface area (Å²) in [7, 11) is 0. The number of nitrogens with zero attached hydrogens (tertiary/aromatic N) is 4. The summed E-state index contributed by atoms with van der Waals surface area (Å²) in [6, 6.07) is 5.94. The first-order valence-electron chi connectivity index (χ1n) is 11.1. The third-order valence-corrected chi connectivity index (χ3v) is 6.27. The second-order valence-corrected chi connectivity index (χ2v) is 8.53. The van der Waals surface area contributed by atoms with Gasteiger partial charge in [0.25, 0.3) is 0 Å². The van der Waals surface area contributed by atoms with E-state index in [0.29, 0.717) is 26.2 Å². The number of carbonyl (C=O) groups is 1. The number of ether oxygens (including phenoxy) is 1. The van der Waals surface area contributed by atoms with Crippen LogP contribution in [0, 0.1) is 12.8 Å². The lowest BCUT2D eigenvalue weighted by Crippen LogP contribution is -2.48. The standard InChI is InChI=1S/C23H32N4O3/c1-4-20-23(17(3)25-30-20)19-7-5-6-18(24-19)21-14-27(12-13-29-21)22(28)15-26-10-8-16(2)9-11-26/h5-7,16,21H,4,8-15H2,1-3H3. The summed E-state index contributed by atoms with van der Waals surface area (Å²) in [4.78, 5) is 22.0. The van der Waals surface area contributed by atoms with Crippen molar-refractivity contribution >= 4 is 5.91 Å². The summed E-state index contributed by atoms with van der Waals surface area (Å²) in [5.74, 6) is 1.80. The molecule has 0 saturated carbocycles. The van der Waals surface area contributed by atoms with E-state index in [4.69, 9.17) is 14.2 Å². The molecule has 4 rings (SSSR count). The van der Waals surface area contributed by atoms with Gasteiger partial charge < -0.3 is 14.2 Å². The number of rotatable bonds is 5. The quantitative estimate of drug-likeness (QED) is 0.751. The molecule has 30 heavy (non-hydrogen) atoms. The number of piperidine rings is 1. The molecule has 0 aliphatic carbocycles. The molecule has 1 atom stereocenters. The maximum Gasteiger partial charge on any atom is 0.236 e. The molecule has 2 fully saturated rings. The molecule has 2 aliphatic heterocycles. The van der Waals surface area contributed by atoms with Crippen molar-refractivity contribution in [1.82, 2.24) is 19.9 Å².